The zero-order chi connectivity index (χ0) is 14.3. The number of nitrogen functional groups attached to an aromatic ring is 1. The number of halogens is 1. The molecule has 0 radical (unpaired) electrons. The lowest BCUT2D eigenvalue weighted by Gasteiger charge is -2.37. The molecule has 1 fully saturated rings. The first-order valence-corrected chi connectivity index (χ1v) is 7.59. The van der Waals surface area contributed by atoms with Crippen LogP contribution in [0.5, 0.6) is 0 Å². The Morgan fingerprint density at radius 1 is 1.20 bits per heavy atom. The summed E-state index contributed by atoms with van der Waals surface area (Å²) in [6.07, 6.45) is 5.28. The van der Waals surface area contributed by atoms with Gasteiger partial charge in [0.25, 0.3) is 0 Å². The van der Waals surface area contributed by atoms with Crippen molar-refractivity contribution in [3.05, 3.63) is 23.0 Å². The van der Waals surface area contributed by atoms with E-state index >= 15 is 0 Å². The predicted octanol–water partition coefficient (Wildman–Crippen LogP) is 2.43. The molecule has 1 heterocycles. The van der Waals surface area contributed by atoms with Crippen LogP contribution in [0, 0.1) is 5.82 Å². The second kappa shape index (κ2) is 5.24. The van der Waals surface area contributed by atoms with Gasteiger partial charge in [-0.25, -0.2) is 4.39 Å². The number of nitrogens with zero attached hydrogens (tertiary/aromatic N) is 2. The van der Waals surface area contributed by atoms with Gasteiger partial charge in [0.15, 0.2) is 0 Å². The monoisotopic (exact) mass is 277 g/mol. The molecule has 20 heavy (non-hydrogen) atoms. The Kier molecular flexibility index (Phi) is 3.59. The molecule has 0 amide bonds. The molecule has 2 aliphatic rings. The zero-order valence-electron chi connectivity index (χ0n) is 12.5. The van der Waals surface area contributed by atoms with Crippen molar-refractivity contribution in [2.45, 2.75) is 38.1 Å². The molecule has 3 nitrogen and oxygen atoms in total. The van der Waals surface area contributed by atoms with Crippen LogP contribution in [0.25, 0.3) is 0 Å². The highest BCUT2D eigenvalue weighted by molar-refractivity contribution is 5.67. The van der Waals surface area contributed by atoms with E-state index in [1.54, 1.807) is 0 Å². The normalized spacial score (nSPS) is 19.7. The fourth-order valence-electron chi connectivity index (χ4n) is 3.71. The SMILES string of the molecule is CN(C)C1CCN(c2c(F)cc(N)c3c2CCC3)CC1. The largest absolute Gasteiger partial charge is 0.398 e. The van der Waals surface area contributed by atoms with Crippen molar-refractivity contribution in [1.82, 2.24) is 4.90 Å². The maximum atomic E-state index is 14.4. The molecule has 1 saturated heterocycles. The lowest BCUT2D eigenvalue weighted by Crippen LogP contribution is -2.42. The number of rotatable bonds is 2. The molecule has 1 aromatic rings. The third-order valence-electron chi connectivity index (χ3n) is 4.87. The lowest BCUT2D eigenvalue weighted by molar-refractivity contribution is 0.249. The summed E-state index contributed by atoms with van der Waals surface area (Å²) in [5.74, 6) is -0.133. The van der Waals surface area contributed by atoms with E-state index in [-0.39, 0.29) is 5.82 Å². The molecular formula is C16H24FN3. The van der Waals surface area contributed by atoms with E-state index in [4.69, 9.17) is 5.73 Å². The highest BCUT2D eigenvalue weighted by Crippen LogP contribution is 2.38. The number of anilines is 2. The minimum absolute atomic E-state index is 0.133. The van der Waals surface area contributed by atoms with Gasteiger partial charge >= 0.3 is 0 Å². The minimum atomic E-state index is -0.133. The van der Waals surface area contributed by atoms with Gasteiger partial charge in [-0.3, -0.25) is 0 Å². The molecule has 4 heteroatoms. The van der Waals surface area contributed by atoms with Crippen molar-refractivity contribution in [3.8, 4) is 0 Å². The highest BCUT2D eigenvalue weighted by atomic mass is 19.1. The second-order valence-electron chi connectivity index (χ2n) is 6.29. The van der Waals surface area contributed by atoms with Crippen molar-refractivity contribution in [2.24, 2.45) is 0 Å². The lowest BCUT2D eigenvalue weighted by atomic mass is 9.99. The van der Waals surface area contributed by atoms with Crippen LogP contribution in [0.4, 0.5) is 15.8 Å². The molecule has 0 aromatic heterocycles. The average molecular weight is 277 g/mol. The molecule has 0 bridgehead atoms. The first-order chi connectivity index (χ1) is 9.58. The van der Waals surface area contributed by atoms with Gasteiger partial charge in [-0.1, -0.05) is 0 Å². The van der Waals surface area contributed by atoms with Gasteiger partial charge in [0.1, 0.15) is 5.82 Å². The molecule has 0 saturated carbocycles. The summed E-state index contributed by atoms with van der Waals surface area (Å²) in [6.45, 7) is 1.88. The Morgan fingerprint density at radius 3 is 2.50 bits per heavy atom. The van der Waals surface area contributed by atoms with Gasteiger partial charge in [0, 0.05) is 24.8 Å². The summed E-state index contributed by atoms with van der Waals surface area (Å²) >= 11 is 0. The fraction of sp³-hybridized carbons (Fsp3) is 0.625. The third kappa shape index (κ3) is 2.26. The summed E-state index contributed by atoms with van der Waals surface area (Å²) in [4.78, 5) is 4.51. The first kappa shape index (κ1) is 13.7. The maximum absolute atomic E-state index is 14.4. The molecule has 0 spiro atoms. The molecular weight excluding hydrogens is 253 g/mol. The summed E-state index contributed by atoms with van der Waals surface area (Å²) in [5, 5.41) is 0. The van der Waals surface area contributed by atoms with Crippen molar-refractivity contribution in [1.29, 1.82) is 0 Å². The Hall–Kier alpha value is -1.29. The Labute approximate surface area is 120 Å². The average Bonchev–Trinajstić information content (AvgIpc) is 2.88. The summed E-state index contributed by atoms with van der Waals surface area (Å²) in [5.41, 5.74) is 9.81. The van der Waals surface area contributed by atoms with Crippen LogP contribution in [0.2, 0.25) is 0 Å². The Bertz CT molecular complexity index is 505. The van der Waals surface area contributed by atoms with Crippen molar-refractivity contribution >= 4 is 11.4 Å². The number of fused-ring (bicyclic) bond motifs is 1. The van der Waals surface area contributed by atoms with E-state index in [1.807, 2.05) is 0 Å². The standard InChI is InChI=1S/C16H24FN3/c1-19(2)11-6-8-20(9-7-11)16-13-5-3-4-12(13)15(18)10-14(16)17/h10-11H,3-9,18H2,1-2H3. The van der Waals surface area contributed by atoms with E-state index in [0.29, 0.717) is 11.7 Å². The summed E-state index contributed by atoms with van der Waals surface area (Å²) in [7, 11) is 4.25. The highest BCUT2D eigenvalue weighted by Gasteiger charge is 2.28. The first-order valence-electron chi connectivity index (χ1n) is 7.59. The van der Waals surface area contributed by atoms with Crippen LogP contribution in [0.15, 0.2) is 6.07 Å². The quantitative estimate of drug-likeness (QED) is 0.843. The smallest absolute Gasteiger partial charge is 0.148 e. The van der Waals surface area contributed by atoms with E-state index in [1.165, 1.54) is 17.2 Å². The van der Waals surface area contributed by atoms with E-state index in [0.717, 1.165) is 50.9 Å². The van der Waals surface area contributed by atoms with Crippen LogP contribution in [-0.4, -0.2) is 38.1 Å². The Morgan fingerprint density at radius 2 is 1.85 bits per heavy atom. The van der Waals surface area contributed by atoms with Gasteiger partial charge in [-0.05, 0) is 63.4 Å². The summed E-state index contributed by atoms with van der Waals surface area (Å²) < 4.78 is 14.4. The molecule has 1 aliphatic heterocycles. The topological polar surface area (TPSA) is 32.5 Å². The van der Waals surface area contributed by atoms with Gasteiger partial charge in [0.2, 0.25) is 0 Å². The van der Waals surface area contributed by atoms with Crippen LogP contribution in [-0.2, 0) is 12.8 Å². The molecule has 110 valence electrons. The van der Waals surface area contributed by atoms with Crippen LogP contribution in [0.3, 0.4) is 0 Å². The number of nitrogens with two attached hydrogens (primary N) is 1. The molecule has 3 rings (SSSR count). The molecule has 2 N–H and O–H groups in total. The van der Waals surface area contributed by atoms with Crippen molar-refractivity contribution in [3.63, 3.8) is 0 Å². The molecule has 1 aromatic carbocycles. The number of piperidine rings is 1. The van der Waals surface area contributed by atoms with Gasteiger partial charge in [-0.15, -0.1) is 0 Å². The van der Waals surface area contributed by atoms with Crippen molar-refractivity contribution in [2.75, 3.05) is 37.8 Å². The van der Waals surface area contributed by atoms with Gasteiger partial charge in [0.05, 0.1) is 5.69 Å². The number of benzene rings is 1. The minimum Gasteiger partial charge on any atom is -0.398 e. The zero-order valence-corrected chi connectivity index (χ0v) is 12.5. The third-order valence-corrected chi connectivity index (χ3v) is 4.87. The van der Waals surface area contributed by atoms with E-state index < -0.39 is 0 Å². The van der Waals surface area contributed by atoms with Crippen LogP contribution >= 0.6 is 0 Å². The van der Waals surface area contributed by atoms with E-state index in [9.17, 15) is 4.39 Å². The van der Waals surface area contributed by atoms with Gasteiger partial charge < -0.3 is 15.5 Å². The number of hydrogen-bond donors (Lipinski definition) is 1. The van der Waals surface area contributed by atoms with Crippen LogP contribution in [0.1, 0.15) is 30.4 Å². The fourth-order valence-corrected chi connectivity index (χ4v) is 3.71. The van der Waals surface area contributed by atoms with Gasteiger partial charge in [-0.2, -0.15) is 0 Å². The predicted molar refractivity (Wildman–Crippen MR) is 81.8 cm³/mol. The second-order valence-corrected chi connectivity index (χ2v) is 6.29. The summed E-state index contributed by atoms with van der Waals surface area (Å²) in [6, 6.07) is 2.15. The maximum Gasteiger partial charge on any atom is 0.148 e. The Balaban J connectivity index is 1.87. The number of hydrogen-bond acceptors (Lipinski definition) is 3. The van der Waals surface area contributed by atoms with Crippen LogP contribution < -0.4 is 10.6 Å². The molecule has 0 unspecified atom stereocenters. The van der Waals surface area contributed by atoms with E-state index in [2.05, 4.69) is 23.9 Å². The molecule has 1 aliphatic carbocycles. The molecule has 0 atom stereocenters. The van der Waals surface area contributed by atoms with Crippen molar-refractivity contribution < 1.29 is 4.39 Å².